The lowest BCUT2D eigenvalue weighted by molar-refractivity contribution is 0.323. The lowest BCUT2D eigenvalue weighted by Crippen LogP contribution is -2.28. The van der Waals surface area contributed by atoms with Gasteiger partial charge in [0.1, 0.15) is 12.4 Å². The summed E-state index contributed by atoms with van der Waals surface area (Å²) < 4.78 is 32.6. The Morgan fingerprint density at radius 1 is 1.09 bits per heavy atom. The normalized spacial score (nSPS) is 11.4. The first-order chi connectivity index (χ1) is 10.4. The smallest absolute Gasteiger partial charge is 0.240 e. The molecule has 0 aliphatic carbocycles. The van der Waals surface area contributed by atoms with Gasteiger partial charge in [-0.3, -0.25) is 0 Å². The fraction of sp³-hybridized carbons (Fsp3) is 0.250. The Morgan fingerprint density at radius 2 is 1.77 bits per heavy atom. The van der Waals surface area contributed by atoms with Crippen molar-refractivity contribution in [2.24, 2.45) is 0 Å². The first-order valence-corrected chi connectivity index (χ1v) is 8.70. The van der Waals surface area contributed by atoms with Crippen LogP contribution in [-0.4, -0.2) is 21.6 Å². The molecule has 1 N–H and O–H groups in total. The van der Waals surface area contributed by atoms with Gasteiger partial charge in [-0.25, -0.2) is 13.1 Å². The average Bonchev–Trinajstić information content (AvgIpc) is 2.48. The quantitative estimate of drug-likeness (QED) is 0.821. The van der Waals surface area contributed by atoms with Gasteiger partial charge in [-0.15, -0.1) is 0 Å². The van der Waals surface area contributed by atoms with Gasteiger partial charge in [0.25, 0.3) is 0 Å². The van der Waals surface area contributed by atoms with Crippen LogP contribution in [-0.2, 0) is 10.0 Å². The number of nitrogens with one attached hydrogen (secondary N) is 1. The van der Waals surface area contributed by atoms with Crippen molar-refractivity contribution in [3.05, 3.63) is 58.6 Å². The molecule has 118 valence electrons. The Labute approximate surface area is 136 Å². The highest BCUT2D eigenvalue weighted by atomic mass is 35.5. The maximum absolute atomic E-state index is 12.3. The summed E-state index contributed by atoms with van der Waals surface area (Å²) in [5.74, 6) is 0.648. The molecule has 0 unspecified atom stereocenters. The van der Waals surface area contributed by atoms with Gasteiger partial charge in [-0.1, -0.05) is 23.7 Å². The molecule has 0 fully saturated rings. The molecule has 0 bridgehead atoms. The fourth-order valence-electron chi connectivity index (χ4n) is 1.95. The lowest BCUT2D eigenvalue weighted by atomic mass is 10.2. The second kappa shape index (κ2) is 7.13. The van der Waals surface area contributed by atoms with E-state index in [2.05, 4.69) is 4.72 Å². The molecule has 4 nitrogen and oxygen atoms in total. The van der Waals surface area contributed by atoms with E-state index in [1.165, 1.54) is 0 Å². The minimum Gasteiger partial charge on any atom is -0.492 e. The number of ether oxygens (including phenoxy) is 1. The van der Waals surface area contributed by atoms with Crippen LogP contribution in [0.3, 0.4) is 0 Å². The van der Waals surface area contributed by atoms with Crippen molar-refractivity contribution in [2.45, 2.75) is 18.7 Å². The van der Waals surface area contributed by atoms with Gasteiger partial charge in [0, 0.05) is 11.6 Å². The summed E-state index contributed by atoms with van der Waals surface area (Å²) in [5.41, 5.74) is 1.63. The summed E-state index contributed by atoms with van der Waals surface area (Å²) in [5, 5.41) is 0.628. The molecule has 0 aliphatic heterocycles. The zero-order valence-electron chi connectivity index (χ0n) is 12.5. The van der Waals surface area contributed by atoms with Gasteiger partial charge >= 0.3 is 0 Å². The Balaban J connectivity index is 1.93. The predicted octanol–water partition coefficient (Wildman–Crippen LogP) is 3.31. The number of rotatable bonds is 6. The third-order valence-corrected chi connectivity index (χ3v) is 4.96. The van der Waals surface area contributed by atoms with Crippen molar-refractivity contribution in [3.8, 4) is 5.75 Å². The highest BCUT2D eigenvalue weighted by Gasteiger charge is 2.16. The highest BCUT2D eigenvalue weighted by Crippen LogP contribution is 2.17. The van der Waals surface area contributed by atoms with Crippen molar-refractivity contribution in [2.75, 3.05) is 13.2 Å². The summed E-state index contributed by atoms with van der Waals surface area (Å²) in [6.45, 7) is 4.07. The molecule has 0 saturated heterocycles. The van der Waals surface area contributed by atoms with Gasteiger partial charge in [0.15, 0.2) is 0 Å². The van der Waals surface area contributed by atoms with E-state index in [-0.39, 0.29) is 13.2 Å². The highest BCUT2D eigenvalue weighted by molar-refractivity contribution is 7.89. The zero-order valence-corrected chi connectivity index (χ0v) is 14.0. The fourth-order valence-corrected chi connectivity index (χ4v) is 3.42. The first kappa shape index (κ1) is 16.8. The first-order valence-electron chi connectivity index (χ1n) is 6.84. The molecule has 2 aromatic carbocycles. The van der Waals surface area contributed by atoms with Crippen molar-refractivity contribution >= 4 is 21.6 Å². The summed E-state index contributed by atoms with van der Waals surface area (Å²) in [4.78, 5) is 0.305. The molecule has 0 amide bonds. The van der Waals surface area contributed by atoms with Crippen LogP contribution in [0.4, 0.5) is 0 Å². The summed E-state index contributed by atoms with van der Waals surface area (Å²) in [6, 6.07) is 12.3. The van der Waals surface area contributed by atoms with Gasteiger partial charge in [-0.2, -0.15) is 0 Å². The van der Waals surface area contributed by atoms with E-state index >= 15 is 0 Å². The van der Waals surface area contributed by atoms with Crippen molar-refractivity contribution in [1.29, 1.82) is 0 Å². The third kappa shape index (κ3) is 4.47. The SMILES string of the molecule is Cc1ccc(C)c(S(=O)(=O)NCCOc2ccc(Cl)cc2)c1. The van der Waals surface area contributed by atoms with E-state index in [1.54, 1.807) is 43.3 Å². The van der Waals surface area contributed by atoms with Crippen molar-refractivity contribution < 1.29 is 13.2 Å². The molecule has 0 radical (unpaired) electrons. The molecule has 0 heterocycles. The van der Waals surface area contributed by atoms with Gasteiger partial charge < -0.3 is 4.74 Å². The monoisotopic (exact) mass is 339 g/mol. The van der Waals surface area contributed by atoms with Crippen molar-refractivity contribution in [3.63, 3.8) is 0 Å². The molecule has 6 heteroatoms. The number of benzene rings is 2. The van der Waals surface area contributed by atoms with Crippen molar-refractivity contribution in [1.82, 2.24) is 4.72 Å². The Morgan fingerprint density at radius 3 is 2.45 bits per heavy atom. The molecule has 0 aliphatic rings. The second-order valence-electron chi connectivity index (χ2n) is 4.97. The molecule has 0 atom stereocenters. The maximum atomic E-state index is 12.3. The predicted molar refractivity (Wildman–Crippen MR) is 88.1 cm³/mol. The van der Waals surface area contributed by atoms with Crippen LogP contribution in [0.1, 0.15) is 11.1 Å². The van der Waals surface area contributed by atoms with Crippen LogP contribution in [0.5, 0.6) is 5.75 Å². The van der Waals surface area contributed by atoms with E-state index in [1.807, 2.05) is 13.0 Å². The zero-order chi connectivity index (χ0) is 16.2. The van der Waals surface area contributed by atoms with Crippen LogP contribution in [0.2, 0.25) is 5.02 Å². The standard InChI is InChI=1S/C16H18ClNO3S/c1-12-3-4-13(2)16(11-12)22(19,20)18-9-10-21-15-7-5-14(17)6-8-15/h3-8,11,18H,9-10H2,1-2H3. The van der Waals surface area contributed by atoms with E-state index in [4.69, 9.17) is 16.3 Å². The Bertz CT molecular complexity index is 742. The lowest BCUT2D eigenvalue weighted by Gasteiger charge is -2.11. The summed E-state index contributed by atoms with van der Waals surface area (Å²) in [6.07, 6.45) is 0. The number of hydrogen-bond acceptors (Lipinski definition) is 3. The maximum Gasteiger partial charge on any atom is 0.240 e. The molecule has 0 spiro atoms. The molecule has 2 rings (SSSR count). The van der Waals surface area contributed by atoms with Gasteiger partial charge in [0.2, 0.25) is 10.0 Å². The number of halogens is 1. The topological polar surface area (TPSA) is 55.4 Å². The molecular weight excluding hydrogens is 322 g/mol. The minimum atomic E-state index is -3.53. The van der Waals surface area contributed by atoms with E-state index < -0.39 is 10.0 Å². The molecule has 0 aromatic heterocycles. The van der Waals surface area contributed by atoms with Gasteiger partial charge in [0.05, 0.1) is 4.90 Å². The van der Waals surface area contributed by atoms with E-state index in [9.17, 15) is 8.42 Å². The number of hydrogen-bond donors (Lipinski definition) is 1. The molecule has 0 saturated carbocycles. The third-order valence-electron chi connectivity index (χ3n) is 3.11. The van der Waals surface area contributed by atoms with Crippen LogP contribution >= 0.6 is 11.6 Å². The van der Waals surface area contributed by atoms with Crippen LogP contribution in [0, 0.1) is 13.8 Å². The molecule has 22 heavy (non-hydrogen) atoms. The largest absolute Gasteiger partial charge is 0.492 e. The Kier molecular flexibility index (Phi) is 5.45. The number of sulfonamides is 1. The van der Waals surface area contributed by atoms with Crippen LogP contribution in [0.15, 0.2) is 47.4 Å². The molecular formula is C16H18ClNO3S. The Hall–Kier alpha value is -1.56. The summed E-state index contributed by atoms with van der Waals surface area (Å²) in [7, 11) is -3.53. The molecule has 2 aromatic rings. The van der Waals surface area contributed by atoms with E-state index in [0.29, 0.717) is 15.7 Å². The second-order valence-corrected chi connectivity index (χ2v) is 7.14. The summed E-state index contributed by atoms with van der Waals surface area (Å²) >= 11 is 5.78. The van der Waals surface area contributed by atoms with E-state index in [0.717, 1.165) is 11.1 Å². The average molecular weight is 340 g/mol. The van der Waals surface area contributed by atoms with Crippen LogP contribution < -0.4 is 9.46 Å². The van der Waals surface area contributed by atoms with Gasteiger partial charge in [-0.05, 0) is 55.3 Å². The number of aryl methyl sites for hydroxylation is 2. The van der Waals surface area contributed by atoms with Crippen LogP contribution in [0.25, 0.3) is 0 Å². The minimum absolute atomic E-state index is 0.193.